The number of anilines is 2. The number of nitrogens with one attached hydrogen (secondary N) is 2. The van der Waals surface area contributed by atoms with E-state index >= 15 is 0 Å². The fraction of sp³-hybridized carbons (Fsp3) is 0.310. The van der Waals surface area contributed by atoms with Gasteiger partial charge >= 0.3 is 11.9 Å². The highest BCUT2D eigenvalue weighted by molar-refractivity contribution is 6.33. The standard InChI is InChI=1S/C25H27ClN4O.C4H6O4/c1-2-30(21-4-3-13-28-17-21)25(31)20-7-5-18(6-8-20)16-29-24-22-12-15-27-14-11-19(22)9-10-23(24)26;5-3(6)1-2-4(7)8/h3-10,13,17,27,29H,2,11-12,14-16H2,1H3;1-2H2,(H,5,6)(H,7,8). The molecule has 1 aromatic heterocycles. The first kappa shape index (κ1) is 29.6. The number of rotatable bonds is 9. The number of aliphatic carboxylic acids is 2. The van der Waals surface area contributed by atoms with Crippen LogP contribution in [0.4, 0.5) is 11.4 Å². The molecule has 0 spiro atoms. The van der Waals surface area contributed by atoms with Crippen LogP contribution >= 0.6 is 11.6 Å². The zero-order valence-electron chi connectivity index (χ0n) is 21.8. The summed E-state index contributed by atoms with van der Waals surface area (Å²) in [6.07, 6.45) is 4.81. The quantitative estimate of drug-likeness (QED) is 0.302. The van der Waals surface area contributed by atoms with Crippen molar-refractivity contribution in [3.05, 3.63) is 88.2 Å². The van der Waals surface area contributed by atoms with Gasteiger partial charge in [-0.15, -0.1) is 0 Å². The molecule has 0 aliphatic carbocycles. The highest BCUT2D eigenvalue weighted by Gasteiger charge is 2.17. The smallest absolute Gasteiger partial charge is 0.303 e. The van der Waals surface area contributed by atoms with Gasteiger partial charge in [0.1, 0.15) is 0 Å². The second kappa shape index (κ2) is 14.8. The SMILES string of the molecule is CCN(C(=O)c1ccc(CNc2c(Cl)ccc3c2CCNCC3)cc1)c1cccnc1.O=C(O)CCC(=O)O. The number of carboxylic acids is 2. The summed E-state index contributed by atoms with van der Waals surface area (Å²) in [4.78, 5) is 38.1. The van der Waals surface area contributed by atoms with Crippen LogP contribution in [0.3, 0.4) is 0 Å². The molecule has 1 aliphatic rings. The van der Waals surface area contributed by atoms with Gasteiger partial charge in [-0.2, -0.15) is 0 Å². The summed E-state index contributed by atoms with van der Waals surface area (Å²) in [5, 5.41) is 23.5. The van der Waals surface area contributed by atoms with Crippen molar-refractivity contribution in [1.29, 1.82) is 0 Å². The second-order valence-corrected chi connectivity index (χ2v) is 9.32. The van der Waals surface area contributed by atoms with Gasteiger partial charge in [0, 0.05) is 24.8 Å². The predicted octanol–water partition coefficient (Wildman–Crippen LogP) is 4.64. The molecule has 0 saturated carbocycles. The summed E-state index contributed by atoms with van der Waals surface area (Å²) in [5.74, 6) is -2.18. The largest absolute Gasteiger partial charge is 0.481 e. The number of carbonyl (C=O) groups is 3. The minimum atomic E-state index is -1.08. The number of pyridine rings is 1. The van der Waals surface area contributed by atoms with Crippen LogP contribution in [0.2, 0.25) is 5.02 Å². The molecular formula is C29H33ClN4O5. The zero-order valence-corrected chi connectivity index (χ0v) is 22.6. The highest BCUT2D eigenvalue weighted by Crippen LogP contribution is 2.31. The van der Waals surface area contributed by atoms with Crippen molar-refractivity contribution in [1.82, 2.24) is 10.3 Å². The molecule has 1 amide bonds. The van der Waals surface area contributed by atoms with E-state index in [-0.39, 0.29) is 18.7 Å². The maximum absolute atomic E-state index is 13.0. The molecule has 0 unspecified atom stereocenters. The van der Waals surface area contributed by atoms with Crippen molar-refractivity contribution in [2.75, 3.05) is 29.9 Å². The van der Waals surface area contributed by atoms with E-state index in [4.69, 9.17) is 21.8 Å². The number of carbonyl (C=O) groups excluding carboxylic acids is 1. The van der Waals surface area contributed by atoms with Gasteiger partial charge < -0.3 is 25.7 Å². The van der Waals surface area contributed by atoms with Crippen LogP contribution in [0, 0.1) is 0 Å². The molecule has 2 aromatic carbocycles. The van der Waals surface area contributed by atoms with E-state index in [2.05, 4.69) is 21.7 Å². The van der Waals surface area contributed by atoms with Gasteiger partial charge in [0.25, 0.3) is 5.91 Å². The maximum atomic E-state index is 13.0. The molecule has 0 saturated heterocycles. The van der Waals surface area contributed by atoms with Crippen LogP contribution in [0.15, 0.2) is 60.9 Å². The van der Waals surface area contributed by atoms with E-state index in [0.717, 1.165) is 47.9 Å². The number of hydrogen-bond acceptors (Lipinski definition) is 6. The lowest BCUT2D eigenvalue weighted by atomic mass is 10.0. The summed E-state index contributed by atoms with van der Waals surface area (Å²) in [5.41, 5.74) is 6.24. The fourth-order valence-corrected chi connectivity index (χ4v) is 4.46. The van der Waals surface area contributed by atoms with Crippen LogP contribution in [0.5, 0.6) is 0 Å². The third-order valence-electron chi connectivity index (χ3n) is 6.22. The van der Waals surface area contributed by atoms with Crippen molar-refractivity contribution in [2.24, 2.45) is 0 Å². The minimum absolute atomic E-state index is 0.0288. The normalized spacial score (nSPS) is 12.3. The Labute approximate surface area is 232 Å². The number of halogens is 1. The van der Waals surface area contributed by atoms with Crippen molar-refractivity contribution in [3.63, 3.8) is 0 Å². The number of fused-ring (bicyclic) bond motifs is 1. The first-order chi connectivity index (χ1) is 18.8. The first-order valence-electron chi connectivity index (χ1n) is 12.8. The van der Waals surface area contributed by atoms with Gasteiger partial charge in [-0.3, -0.25) is 19.4 Å². The summed E-state index contributed by atoms with van der Waals surface area (Å²) in [6.45, 7) is 5.16. The van der Waals surface area contributed by atoms with Gasteiger partial charge in [-0.25, -0.2) is 0 Å². The molecule has 0 bridgehead atoms. The third kappa shape index (κ3) is 8.80. The molecule has 0 fully saturated rings. The van der Waals surface area contributed by atoms with Gasteiger partial charge in [0.05, 0.1) is 35.4 Å². The first-order valence-corrected chi connectivity index (χ1v) is 13.2. The van der Waals surface area contributed by atoms with E-state index < -0.39 is 11.9 Å². The molecule has 206 valence electrons. The lowest BCUT2D eigenvalue weighted by Crippen LogP contribution is -2.30. The number of hydrogen-bond donors (Lipinski definition) is 4. The Balaban J connectivity index is 0.000000459. The molecule has 9 nitrogen and oxygen atoms in total. The summed E-state index contributed by atoms with van der Waals surface area (Å²) >= 11 is 6.52. The van der Waals surface area contributed by atoms with Crippen molar-refractivity contribution < 1.29 is 24.6 Å². The molecule has 1 aliphatic heterocycles. The van der Waals surface area contributed by atoms with Crippen LogP contribution in [-0.4, -0.2) is 52.7 Å². The van der Waals surface area contributed by atoms with Crippen LogP contribution in [0.1, 0.15) is 46.8 Å². The van der Waals surface area contributed by atoms with Crippen molar-refractivity contribution in [2.45, 2.75) is 39.2 Å². The van der Waals surface area contributed by atoms with Gasteiger partial charge in [-0.05, 0) is 79.9 Å². The van der Waals surface area contributed by atoms with Crippen LogP contribution in [0.25, 0.3) is 0 Å². The summed E-state index contributed by atoms with van der Waals surface area (Å²) in [6, 6.07) is 15.6. The number of nitrogens with zero attached hydrogens (tertiary/aromatic N) is 2. The Morgan fingerprint density at radius 1 is 1.00 bits per heavy atom. The Morgan fingerprint density at radius 3 is 2.31 bits per heavy atom. The molecule has 2 heterocycles. The topological polar surface area (TPSA) is 132 Å². The second-order valence-electron chi connectivity index (χ2n) is 8.91. The summed E-state index contributed by atoms with van der Waals surface area (Å²) in [7, 11) is 0. The van der Waals surface area contributed by atoms with Crippen molar-refractivity contribution in [3.8, 4) is 0 Å². The number of amides is 1. The molecule has 4 N–H and O–H groups in total. The fourth-order valence-electron chi connectivity index (χ4n) is 4.22. The van der Waals surface area contributed by atoms with E-state index in [0.29, 0.717) is 18.7 Å². The van der Waals surface area contributed by atoms with E-state index in [9.17, 15) is 14.4 Å². The van der Waals surface area contributed by atoms with E-state index in [1.54, 1.807) is 17.3 Å². The lowest BCUT2D eigenvalue weighted by molar-refractivity contribution is -0.143. The molecular weight excluding hydrogens is 520 g/mol. The Hall–Kier alpha value is -3.95. The zero-order chi connectivity index (χ0) is 28.2. The highest BCUT2D eigenvalue weighted by atomic mass is 35.5. The van der Waals surface area contributed by atoms with Crippen LogP contribution in [-0.2, 0) is 29.0 Å². The van der Waals surface area contributed by atoms with Crippen LogP contribution < -0.4 is 15.5 Å². The molecule has 0 radical (unpaired) electrons. The average Bonchev–Trinajstić information content (AvgIpc) is 3.19. The number of benzene rings is 2. The maximum Gasteiger partial charge on any atom is 0.303 e. The third-order valence-corrected chi connectivity index (χ3v) is 6.54. The minimum Gasteiger partial charge on any atom is -0.481 e. The Bertz CT molecular complexity index is 1250. The number of carboxylic acid groups (broad SMARTS) is 2. The molecule has 10 heteroatoms. The Morgan fingerprint density at radius 2 is 1.69 bits per heavy atom. The monoisotopic (exact) mass is 552 g/mol. The predicted molar refractivity (Wildman–Crippen MR) is 152 cm³/mol. The van der Waals surface area contributed by atoms with Gasteiger partial charge in [0.15, 0.2) is 0 Å². The molecule has 3 aromatic rings. The molecule has 4 rings (SSSR count). The lowest BCUT2D eigenvalue weighted by Gasteiger charge is -2.21. The van der Waals surface area contributed by atoms with Gasteiger partial charge in [0.2, 0.25) is 0 Å². The van der Waals surface area contributed by atoms with Crippen molar-refractivity contribution >= 4 is 40.8 Å². The Kier molecular flexibility index (Phi) is 11.3. The van der Waals surface area contributed by atoms with E-state index in [1.165, 1.54) is 11.1 Å². The molecule has 39 heavy (non-hydrogen) atoms. The van der Waals surface area contributed by atoms with E-state index in [1.807, 2.05) is 49.4 Å². The van der Waals surface area contributed by atoms with Gasteiger partial charge in [-0.1, -0.05) is 29.8 Å². The summed E-state index contributed by atoms with van der Waals surface area (Å²) < 4.78 is 0. The average molecular weight is 553 g/mol. The number of aromatic nitrogens is 1. The molecule has 0 atom stereocenters.